The monoisotopic (exact) mass is 297 g/mol. The number of aryl methyl sites for hydroxylation is 1. The van der Waals surface area contributed by atoms with Crippen LogP contribution in [0.2, 0.25) is 10.0 Å². The van der Waals surface area contributed by atoms with Gasteiger partial charge < -0.3 is 5.32 Å². The second-order valence-electron chi connectivity index (χ2n) is 4.47. The second-order valence-corrected chi connectivity index (χ2v) is 5.31. The van der Waals surface area contributed by atoms with Gasteiger partial charge in [-0.2, -0.15) is 5.10 Å². The summed E-state index contributed by atoms with van der Waals surface area (Å²) in [4.78, 5) is 0. The summed E-state index contributed by atoms with van der Waals surface area (Å²) in [5.74, 6) is 0. The van der Waals surface area contributed by atoms with Gasteiger partial charge in [-0.05, 0) is 36.7 Å². The minimum atomic E-state index is -0.00841. The zero-order valence-corrected chi connectivity index (χ0v) is 12.5. The van der Waals surface area contributed by atoms with E-state index in [1.165, 1.54) is 0 Å². The first-order chi connectivity index (χ1) is 9.11. The van der Waals surface area contributed by atoms with Gasteiger partial charge in [-0.3, -0.25) is 4.68 Å². The fraction of sp³-hybridized carbons (Fsp3) is 0.357. The summed E-state index contributed by atoms with van der Waals surface area (Å²) in [5.41, 5.74) is 1.96. The normalized spacial score (nSPS) is 12.6. The molecule has 1 atom stereocenters. The molecule has 1 unspecified atom stereocenters. The molecule has 3 nitrogen and oxygen atoms in total. The number of nitrogens with zero attached hydrogens (tertiary/aromatic N) is 2. The highest BCUT2D eigenvalue weighted by Crippen LogP contribution is 2.29. The van der Waals surface area contributed by atoms with Crippen molar-refractivity contribution in [1.82, 2.24) is 15.1 Å². The van der Waals surface area contributed by atoms with Gasteiger partial charge in [0.15, 0.2) is 0 Å². The third-order valence-electron chi connectivity index (χ3n) is 2.90. The minimum Gasteiger partial charge on any atom is -0.305 e. The SMILES string of the molecule is CCCNC(c1ccn(C)n1)c1ccc(Cl)cc1Cl. The summed E-state index contributed by atoms with van der Waals surface area (Å²) in [5, 5.41) is 9.24. The molecule has 0 spiro atoms. The van der Waals surface area contributed by atoms with E-state index in [-0.39, 0.29) is 6.04 Å². The van der Waals surface area contributed by atoms with E-state index in [1.54, 1.807) is 10.7 Å². The highest BCUT2D eigenvalue weighted by Gasteiger charge is 2.18. The van der Waals surface area contributed by atoms with E-state index in [9.17, 15) is 0 Å². The van der Waals surface area contributed by atoms with Crippen LogP contribution >= 0.6 is 23.2 Å². The van der Waals surface area contributed by atoms with Gasteiger partial charge in [0.1, 0.15) is 0 Å². The highest BCUT2D eigenvalue weighted by atomic mass is 35.5. The standard InChI is InChI=1S/C14H17Cl2N3/c1-3-7-17-14(13-6-8-19(2)18-13)11-5-4-10(15)9-12(11)16/h4-6,8-9,14,17H,3,7H2,1-2H3. The van der Waals surface area contributed by atoms with E-state index < -0.39 is 0 Å². The van der Waals surface area contributed by atoms with Gasteiger partial charge in [0, 0.05) is 23.3 Å². The third-order valence-corrected chi connectivity index (χ3v) is 3.46. The molecule has 2 aromatic rings. The van der Waals surface area contributed by atoms with E-state index in [0.717, 1.165) is 24.2 Å². The van der Waals surface area contributed by atoms with Crippen molar-refractivity contribution < 1.29 is 0 Å². The molecule has 102 valence electrons. The van der Waals surface area contributed by atoms with Crippen LogP contribution in [0.25, 0.3) is 0 Å². The maximum atomic E-state index is 6.30. The third kappa shape index (κ3) is 3.50. The van der Waals surface area contributed by atoms with E-state index in [4.69, 9.17) is 23.2 Å². The number of rotatable bonds is 5. The average Bonchev–Trinajstić information content (AvgIpc) is 2.78. The molecule has 0 saturated heterocycles. The zero-order chi connectivity index (χ0) is 13.8. The molecule has 19 heavy (non-hydrogen) atoms. The van der Waals surface area contributed by atoms with Crippen molar-refractivity contribution in [2.45, 2.75) is 19.4 Å². The van der Waals surface area contributed by atoms with Gasteiger partial charge in [0.25, 0.3) is 0 Å². The Morgan fingerprint density at radius 3 is 2.68 bits per heavy atom. The molecule has 0 bridgehead atoms. The largest absolute Gasteiger partial charge is 0.305 e. The first kappa shape index (κ1) is 14.4. The van der Waals surface area contributed by atoms with Gasteiger partial charge in [0.2, 0.25) is 0 Å². The summed E-state index contributed by atoms with van der Waals surface area (Å²) in [6, 6.07) is 7.56. The number of aromatic nitrogens is 2. The van der Waals surface area contributed by atoms with Crippen LogP contribution in [-0.4, -0.2) is 16.3 Å². The van der Waals surface area contributed by atoms with Crippen molar-refractivity contribution in [2.24, 2.45) is 7.05 Å². The van der Waals surface area contributed by atoms with Crippen molar-refractivity contribution in [3.63, 3.8) is 0 Å². The van der Waals surface area contributed by atoms with Crippen molar-refractivity contribution in [2.75, 3.05) is 6.54 Å². The topological polar surface area (TPSA) is 29.9 Å². The number of hydrogen-bond acceptors (Lipinski definition) is 2. The molecule has 5 heteroatoms. The first-order valence-corrected chi connectivity index (χ1v) is 7.05. The maximum absolute atomic E-state index is 6.30. The molecule has 0 aliphatic rings. The smallest absolute Gasteiger partial charge is 0.0839 e. The number of halogens is 2. The first-order valence-electron chi connectivity index (χ1n) is 6.29. The van der Waals surface area contributed by atoms with E-state index in [1.807, 2.05) is 31.4 Å². The molecule has 1 heterocycles. The molecule has 0 saturated carbocycles. The maximum Gasteiger partial charge on any atom is 0.0839 e. The molecule has 1 aromatic carbocycles. The molecule has 0 aliphatic heterocycles. The minimum absolute atomic E-state index is 0.00841. The fourth-order valence-corrected chi connectivity index (χ4v) is 2.50. The Bertz CT molecular complexity index is 551. The van der Waals surface area contributed by atoms with Crippen LogP contribution in [0.3, 0.4) is 0 Å². The van der Waals surface area contributed by atoms with Crippen LogP contribution in [-0.2, 0) is 7.05 Å². The lowest BCUT2D eigenvalue weighted by Gasteiger charge is -2.18. The molecular formula is C14H17Cl2N3. The lowest BCUT2D eigenvalue weighted by molar-refractivity contribution is 0.575. The van der Waals surface area contributed by atoms with Crippen LogP contribution in [0.5, 0.6) is 0 Å². The highest BCUT2D eigenvalue weighted by molar-refractivity contribution is 6.35. The van der Waals surface area contributed by atoms with Crippen LogP contribution in [0.15, 0.2) is 30.5 Å². The number of benzene rings is 1. The van der Waals surface area contributed by atoms with Gasteiger partial charge in [-0.15, -0.1) is 0 Å². The van der Waals surface area contributed by atoms with Gasteiger partial charge in [-0.1, -0.05) is 36.2 Å². The van der Waals surface area contributed by atoms with Gasteiger partial charge in [0.05, 0.1) is 11.7 Å². The summed E-state index contributed by atoms with van der Waals surface area (Å²) in [6.45, 7) is 3.03. The van der Waals surface area contributed by atoms with Crippen molar-refractivity contribution in [3.8, 4) is 0 Å². The van der Waals surface area contributed by atoms with Crippen LogP contribution in [0.1, 0.15) is 30.6 Å². The van der Waals surface area contributed by atoms with E-state index >= 15 is 0 Å². The molecule has 0 aliphatic carbocycles. The molecule has 0 fully saturated rings. The average molecular weight is 298 g/mol. The van der Waals surface area contributed by atoms with Crippen molar-refractivity contribution in [1.29, 1.82) is 0 Å². The quantitative estimate of drug-likeness (QED) is 0.909. The Balaban J connectivity index is 2.36. The molecule has 2 rings (SSSR count). The predicted molar refractivity (Wildman–Crippen MR) is 79.8 cm³/mol. The van der Waals surface area contributed by atoms with Crippen LogP contribution in [0.4, 0.5) is 0 Å². The molecule has 0 amide bonds. The Morgan fingerprint density at radius 1 is 1.32 bits per heavy atom. The van der Waals surface area contributed by atoms with Crippen molar-refractivity contribution >= 4 is 23.2 Å². The van der Waals surface area contributed by atoms with Gasteiger partial charge in [-0.25, -0.2) is 0 Å². The number of nitrogens with one attached hydrogen (secondary N) is 1. The van der Waals surface area contributed by atoms with Crippen LogP contribution in [0, 0.1) is 0 Å². The Morgan fingerprint density at radius 2 is 2.11 bits per heavy atom. The summed E-state index contributed by atoms with van der Waals surface area (Å²) < 4.78 is 1.79. The second kappa shape index (κ2) is 6.42. The van der Waals surface area contributed by atoms with E-state index in [2.05, 4.69) is 17.3 Å². The predicted octanol–water partition coefficient (Wildman–Crippen LogP) is 3.82. The van der Waals surface area contributed by atoms with Gasteiger partial charge >= 0.3 is 0 Å². The van der Waals surface area contributed by atoms with Crippen molar-refractivity contribution in [3.05, 3.63) is 51.8 Å². The zero-order valence-electron chi connectivity index (χ0n) is 11.0. The summed E-state index contributed by atoms with van der Waals surface area (Å²) in [6.07, 6.45) is 2.98. The summed E-state index contributed by atoms with van der Waals surface area (Å²) >= 11 is 12.3. The molecule has 1 N–H and O–H groups in total. The Hall–Kier alpha value is -1.03. The Labute approximate surface area is 123 Å². The molecule has 0 radical (unpaired) electrons. The lowest BCUT2D eigenvalue weighted by Crippen LogP contribution is -2.24. The fourth-order valence-electron chi connectivity index (χ4n) is 1.99. The lowest BCUT2D eigenvalue weighted by atomic mass is 10.0. The molecule has 1 aromatic heterocycles. The number of hydrogen-bond donors (Lipinski definition) is 1. The molecular weight excluding hydrogens is 281 g/mol. The summed E-state index contributed by atoms with van der Waals surface area (Å²) in [7, 11) is 1.91. The van der Waals surface area contributed by atoms with Crippen LogP contribution < -0.4 is 5.32 Å². The Kier molecular flexibility index (Phi) is 4.86. The van der Waals surface area contributed by atoms with E-state index in [0.29, 0.717) is 10.0 Å².